The largest absolute Gasteiger partial charge is 0.340 e. The van der Waals surface area contributed by atoms with E-state index in [1.165, 1.54) is 0 Å². The molecule has 17 heavy (non-hydrogen) atoms. The van der Waals surface area contributed by atoms with Crippen LogP contribution in [0.15, 0.2) is 29.5 Å². The normalized spacial score (nSPS) is 13.6. The quantitative estimate of drug-likeness (QED) is 0.753. The first kappa shape index (κ1) is 12.0. The van der Waals surface area contributed by atoms with Crippen LogP contribution in [0.3, 0.4) is 0 Å². The summed E-state index contributed by atoms with van der Waals surface area (Å²) < 4.78 is 0. The summed E-state index contributed by atoms with van der Waals surface area (Å²) in [5, 5.41) is 3.27. The molecule has 0 saturated heterocycles. The number of nitrogens with one attached hydrogen (secondary N) is 1. The number of benzene rings is 1. The van der Waals surface area contributed by atoms with E-state index >= 15 is 0 Å². The van der Waals surface area contributed by atoms with E-state index in [2.05, 4.69) is 5.32 Å². The maximum Gasteiger partial charge on any atom is 0.326 e. The van der Waals surface area contributed by atoms with Gasteiger partial charge in [-0.15, -0.1) is 0 Å². The number of allylic oxidation sites excluding steroid dienone is 2. The lowest BCUT2D eigenvalue weighted by Crippen LogP contribution is -2.36. The highest BCUT2D eigenvalue weighted by Crippen LogP contribution is 2.40. The second kappa shape index (κ2) is 4.41. The van der Waals surface area contributed by atoms with Gasteiger partial charge in [-0.2, -0.15) is 0 Å². The van der Waals surface area contributed by atoms with E-state index in [0.717, 1.165) is 28.9 Å². The molecule has 0 aliphatic carbocycles. The van der Waals surface area contributed by atoms with Gasteiger partial charge in [0.25, 0.3) is 0 Å². The summed E-state index contributed by atoms with van der Waals surface area (Å²) in [6, 6.07) is 5.59. The molecule has 1 N–H and O–H groups in total. The average Bonchev–Trinajstić information content (AvgIpc) is 2.69. The smallest absolute Gasteiger partial charge is 0.326 e. The molecule has 0 atom stereocenters. The summed E-state index contributed by atoms with van der Waals surface area (Å²) >= 11 is 6.19. The van der Waals surface area contributed by atoms with Gasteiger partial charge in [0.05, 0.1) is 10.7 Å². The molecule has 4 heteroatoms. The van der Waals surface area contributed by atoms with Crippen LogP contribution in [0.25, 0.3) is 0 Å². The first-order chi connectivity index (χ1) is 8.06. The molecule has 90 valence electrons. The van der Waals surface area contributed by atoms with Crippen LogP contribution in [-0.2, 0) is 6.42 Å². The Morgan fingerprint density at radius 3 is 2.71 bits per heavy atom. The Bertz CT molecular complexity index is 504. The van der Waals surface area contributed by atoms with Crippen LogP contribution in [0.5, 0.6) is 0 Å². The van der Waals surface area contributed by atoms with Crippen molar-refractivity contribution >= 4 is 23.3 Å². The Hall–Kier alpha value is -1.48. The van der Waals surface area contributed by atoms with Crippen molar-refractivity contribution < 1.29 is 4.79 Å². The van der Waals surface area contributed by atoms with E-state index in [1.54, 1.807) is 11.9 Å². The topological polar surface area (TPSA) is 32.3 Å². The number of urea groups is 1. The number of amides is 2. The first-order valence-corrected chi connectivity index (χ1v) is 5.89. The third-order valence-corrected chi connectivity index (χ3v) is 3.22. The number of para-hydroxylation sites is 1. The molecular weight excluding hydrogens is 236 g/mol. The number of fused-ring (bicyclic) bond motifs is 1. The lowest BCUT2D eigenvalue weighted by molar-refractivity contribution is 0.250. The minimum atomic E-state index is -0.145. The highest BCUT2D eigenvalue weighted by molar-refractivity contribution is 6.34. The molecule has 2 amide bonds. The summed E-state index contributed by atoms with van der Waals surface area (Å²) in [5.74, 6) is 0. The highest BCUT2D eigenvalue weighted by Gasteiger charge is 2.31. The van der Waals surface area contributed by atoms with Crippen molar-refractivity contribution in [2.75, 3.05) is 11.9 Å². The third kappa shape index (κ3) is 1.91. The van der Waals surface area contributed by atoms with Crippen molar-refractivity contribution in [2.45, 2.75) is 20.3 Å². The number of carbonyl (C=O) groups excluding carboxylic acids is 1. The van der Waals surface area contributed by atoms with E-state index in [1.807, 2.05) is 32.0 Å². The Kier molecular flexibility index (Phi) is 3.11. The summed E-state index contributed by atoms with van der Waals surface area (Å²) in [4.78, 5) is 13.6. The molecule has 3 nitrogen and oxygen atoms in total. The number of nitrogens with zero attached hydrogens (tertiary/aromatic N) is 1. The van der Waals surface area contributed by atoms with Gasteiger partial charge in [0.1, 0.15) is 0 Å². The maximum absolute atomic E-state index is 12.0. The van der Waals surface area contributed by atoms with E-state index in [9.17, 15) is 4.79 Å². The third-order valence-electron chi connectivity index (χ3n) is 2.92. The minimum Gasteiger partial charge on any atom is -0.340 e. The monoisotopic (exact) mass is 250 g/mol. The highest BCUT2D eigenvalue weighted by atomic mass is 35.5. The van der Waals surface area contributed by atoms with Gasteiger partial charge in [0.15, 0.2) is 0 Å². The van der Waals surface area contributed by atoms with Crippen LogP contribution in [0.2, 0.25) is 5.02 Å². The van der Waals surface area contributed by atoms with E-state index in [-0.39, 0.29) is 6.03 Å². The van der Waals surface area contributed by atoms with Crippen LogP contribution in [-0.4, -0.2) is 13.1 Å². The van der Waals surface area contributed by atoms with Crippen LogP contribution in [0, 0.1) is 0 Å². The molecule has 0 spiro atoms. The van der Waals surface area contributed by atoms with Gasteiger partial charge in [-0.25, -0.2) is 4.79 Å². The second-order valence-corrected chi connectivity index (χ2v) is 4.67. The number of halogens is 1. The molecular formula is C13H15ClN2O. The fraction of sp³-hybridized carbons (Fsp3) is 0.308. The summed E-state index contributed by atoms with van der Waals surface area (Å²) in [5.41, 5.74) is 4.04. The predicted octanol–water partition coefficient (Wildman–Crippen LogP) is 3.34. The Balaban J connectivity index is 2.61. The summed E-state index contributed by atoms with van der Waals surface area (Å²) in [7, 11) is 1.62. The van der Waals surface area contributed by atoms with Gasteiger partial charge in [-0.05, 0) is 25.5 Å². The molecule has 1 aliphatic heterocycles. The zero-order valence-electron chi connectivity index (χ0n) is 10.2. The van der Waals surface area contributed by atoms with Crippen LogP contribution in [0.4, 0.5) is 10.5 Å². The number of carbonyl (C=O) groups is 1. The molecule has 0 saturated carbocycles. The maximum atomic E-state index is 12.0. The SMILES string of the molecule is CNC(=O)N1C(=C(C)C)Cc2cccc(Cl)c21. The van der Waals surface area contributed by atoms with Gasteiger partial charge in [0.2, 0.25) is 0 Å². The van der Waals surface area contributed by atoms with E-state index in [0.29, 0.717) is 5.02 Å². The molecule has 0 bridgehead atoms. The van der Waals surface area contributed by atoms with E-state index in [4.69, 9.17) is 11.6 Å². The molecule has 0 radical (unpaired) electrons. The first-order valence-electron chi connectivity index (χ1n) is 5.52. The molecule has 0 fully saturated rings. The Morgan fingerprint density at radius 1 is 1.41 bits per heavy atom. The van der Waals surface area contributed by atoms with Crippen molar-refractivity contribution in [3.8, 4) is 0 Å². The molecule has 0 aromatic heterocycles. The minimum absolute atomic E-state index is 0.145. The molecule has 2 rings (SSSR count). The fourth-order valence-electron chi connectivity index (χ4n) is 2.08. The van der Waals surface area contributed by atoms with Crippen LogP contribution >= 0.6 is 11.6 Å². The number of rotatable bonds is 0. The lowest BCUT2D eigenvalue weighted by atomic mass is 10.1. The van der Waals surface area contributed by atoms with Crippen LogP contribution < -0.4 is 10.2 Å². The molecule has 1 aromatic carbocycles. The fourth-order valence-corrected chi connectivity index (χ4v) is 2.36. The van der Waals surface area contributed by atoms with Crippen molar-refractivity contribution in [1.29, 1.82) is 0 Å². The van der Waals surface area contributed by atoms with Gasteiger partial charge >= 0.3 is 6.03 Å². The van der Waals surface area contributed by atoms with Crippen molar-refractivity contribution in [3.05, 3.63) is 40.1 Å². The average molecular weight is 251 g/mol. The predicted molar refractivity (Wildman–Crippen MR) is 70.5 cm³/mol. The Morgan fingerprint density at radius 2 is 2.12 bits per heavy atom. The van der Waals surface area contributed by atoms with Crippen LogP contribution in [0.1, 0.15) is 19.4 Å². The van der Waals surface area contributed by atoms with Crippen molar-refractivity contribution in [3.63, 3.8) is 0 Å². The van der Waals surface area contributed by atoms with Gasteiger partial charge in [0, 0.05) is 19.2 Å². The van der Waals surface area contributed by atoms with Crippen molar-refractivity contribution in [1.82, 2.24) is 5.32 Å². The molecule has 0 unspecified atom stereocenters. The molecule has 1 heterocycles. The summed E-state index contributed by atoms with van der Waals surface area (Å²) in [6.07, 6.45) is 0.756. The van der Waals surface area contributed by atoms with Gasteiger partial charge < -0.3 is 5.32 Å². The van der Waals surface area contributed by atoms with Crippen molar-refractivity contribution in [2.24, 2.45) is 0 Å². The molecule has 1 aliphatic rings. The summed E-state index contributed by atoms with van der Waals surface area (Å²) in [6.45, 7) is 4.01. The zero-order chi connectivity index (χ0) is 12.6. The number of hydrogen-bond donors (Lipinski definition) is 1. The second-order valence-electron chi connectivity index (χ2n) is 4.26. The zero-order valence-corrected chi connectivity index (χ0v) is 10.9. The molecule has 1 aromatic rings. The number of hydrogen-bond acceptors (Lipinski definition) is 1. The standard InChI is InChI=1S/C13H15ClN2O/c1-8(2)11-7-9-5-4-6-10(14)12(9)16(11)13(17)15-3/h4-6H,7H2,1-3H3,(H,15,17). The number of anilines is 1. The van der Waals surface area contributed by atoms with Gasteiger partial charge in [-0.1, -0.05) is 29.3 Å². The lowest BCUT2D eigenvalue weighted by Gasteiger charge is -2.20. The van der Waals surface area contributed by atoms with Gasteiger partial charge in [-0.3, -0.25) is 4.90 Å². The Labute approximate surface area is 106 Å². The van der Waals surface area contributed by atoms with E-state index < -0.39 is 0 Å².